The van der Waals surface area contributed by atoms with Crippen molar-refractivity contribution in [3.05, 3.63) is 58.3 Å². The number of piperidine rings is 2. The molecule has 13 nitrogen and oxygen atoms in total. The summed E-state index contributed by atoms with van der Waals surface area (Å²) in [5, 5.41) is 11.4. The van der Waals surface area contributed by atoms with E-state index in [4.69, 9.17) is 0 Å². The van der Waals surface area contributed by atoms with Gasteiger partial charge in [-0.2, -0.15) is 5.10 Å². The summed E-state index contributed by atoms with van der Waals surface area (Å²) < 4.78 is 1.77. The zero-order valence-electron chi connectivity index (χ0n) is 26.7. The van der Waals surface area contributed by atoms with E-state index in [0.29, 0.717) is 57.1 Å². The third kappa shape index (κ3) is 6.13. The number of pyridine rings is 1. The molecule has 3 aromatic heterocycles. The minimum Gasteiger partial charge on any atom is -0.338 e. The number of carbonyl (C=O) groups excluding carboxylic acids is 2. The number of hydrogen-bond donors (Lipinski definition) is 3. The first kappa shape index (κ1) is 30.4. The van der Waals surface area contributed by atoms with Crippen molar-refractivity contribution in [1.82, 2.24) is 49.6 Å². The lowest BCUT2D eigenvalue weighted by atomic mass is 9.99. The Hall–Kier alpha value is -4.23. The smallest absolute Gasteiger partial charge is 0.327 e. The Balaban J connectivity index is 1.03. The summed E-state index contributed by atoms with van der Waals surface area (Å²) >= 11 is 0. The van der Waals surface area contributed by atoms with Crippen LogP contribution in [0, 0.1) is 6.92 Å². The van der Waals surface area contributed by atoms with Gasteiger partial charge in [-0.25, -0.2) is 14.6 Å². The summed E-state index contributed by atoms with van der Waals surface area (Å²) in [5.74, 6) is -0.0333. The van der Waals surface area contributed by atoms with E-state index in [9.17, 15) is 14.4 Å². The second-order valence-electron chi connectivity index (χ2n) is 13.2. The molecule has 13 heteroatoms. The Morgan fingerprint density at radius 1 is 0.978 bits per heavy atom. The molecule has 7 rings (SSSR count). The predicted molar refractivity (Wildman–Crippen MR) is 176 cm³/mol. The van der Waals surface area contributed by atoms with Crippen LogP contribution >= 0.6 is 0 Å². The molecule has 0 spiro atoms. The number of piperazine rings is 1. The van der Waals surface area contributed by atoms with Crippen LogP contribution in [0.3, 0.4) is 0 Å². The standard InChI is InChI=1S/C33H44N10O3/c1-22-18-23(19-24-21-35-38-29(22)24)20-27(31(44)41-16-14-40(15-17-41)25-5-10-39(2)11-6-25)36-32(45)42-12-7-26(8-13-42)43-28-4-3-9-34-30(28)37-33(43)46/h3-4,9,18-19,21,25-27H,5-8,10-17,20H2,1-2H3,(H,35,38)(H,36,45)(H,34,37,46). The molecule has 1 atom stereocenters. The molecule has 244 valence electrons. The van der Waals surface area contributed by atoms with Gasteiger partial charge in [0.1, 0.15) is 6.04 Å². The first-order chi connectivity index (χ1) is 22.3. The van der Waals surface area contributed by atoms with Gasteiger partial charge in [0.25, 0.3) is 0 Å². The number of amides is 3. The van der Waals surface area contributed by atoms with Crippen LogP contribution in [0.15, 0.2) is 41.5 Å². The Kier molecular flexibility index (Phi) is 8.52. The molecule has 3 N–H and O–H groups in total. The average molecular weight is 629 g/mol. The number of nitrogens with one attached hydrogen (secondary N) is 3. The maximum absolute atomic E-state index is 14.1. The van der Waals surface area contributed by atoms with Crippen molar-refractivity contribution in [3.8, 4) is 0 Å². The van der Waals surface area contributed by atoms with Crippen molar-refractivity contribution >= 4 is 34.0 Å². The molecular weight excluding hydrogens is 584 g/mol. The van der Waals surface area contributed by atoms with Gasteiger partial charge in [-0.1, -0.05) is 6.07 Å². The number of urea groups is 1. The van der Waals surface area contributed by atoms with Gasteiger partial charge in [-0.15, -0.1) is 0 Å². The van der Waals surface area contributed by atoms with Gasteiger partial charge >= 0.3 is 11.7 Å². The van der Waals surface area contributed by atoms with Crippen molar-refractivity contribution in [1.29, 1.82) is 0 Å². The summed E-state index contributed by atoms with van der Waals surface area (Å²) in [6.07, 6.45) is 7.48. The van der Waals surface area contributed by atoms with Crippen molar-refractivity contribution < 1.29 is 9.59 Å². The highest BCUT2D eigenvalue weighted by Gasteiger charge is 2.34. The number of benzene rings is 1. The van der Waals surface area contributed by atoms with E-state index < -0.39 is 6.04 Å². The molecule has 3 amide bonds. The lowest BCUT2D eigenvalue weighted by Gasteiger charge is -2.43. The second kappa shape index (κ2) is 12.9. The number of rotatable bonds is 6. The van der Waals surface area contributed by atoms with Gasteiger partial charge < -0.3 is 20.0 Å². The summed E-state index contributed by atoms with van der Waals surface area (Å²) in [5.41, 5.74) is 4.20. The van der Waals surface area contributed by atoms with Gasteiger partial charge in [-0.05, 0) is 82.1 Å². The lowest BCUT2D eigenvalue weighted by molar-refractivity contribution is -0.135. The number of imidazole rings is 1. The maximum atomic E-state index is 14.1. The largest absolute Gasteiger partial charge is 0.338 e. The Morgan fingerprint density at radius 2 is 1.72 bits per heavy atom. The fourth-order valence-corrected chi connectivity index (χ4v) is 7.64. The molecular formula is C33H44N10O3. The number of carbonyl (C=O) groups is 2. The van der Waals surface area contributed by atoms with Crippen LogP contribution in [0.2, 0.25) is 0 Å². The molecule has 3 saturated heterocycles. The molecule has 3 aliphatic rings. The van der Waals surface area contributed by atoms with Gasteiger partial charge in [0.2, 0.25) is 5.91 Å². The molecule has 1 unspecified atom stereocenters. The van der Waals surface area contributed by atoms with Crippen molar-refractivity contribution in [3.63, 3.8) is 0 Å². The first-order valence-electron chi connectivity index (χ1n) is 16.6. The Bertz CT molecular complexity index is 1750. The van der Waals surface area contributed by atoms with Crippen LogP contribution in [-0.4, -0.2) is 128 Å². The number of hydrogen-bond acceptors (Lipinski definition) is 7. The van der Waals surface area contributed by atoms with Crippen molar-refractivity contribution in [2.45, 2.75) is 57.2 Å². The van der Waals surface area contributed by atoms with E-state index in [1.165, 1.54) is 12.8 Å². The SMILES string of the molecule is Cc1cc(CC(NC(=O)N2CCC(n3c(=O)[nH]c4ncccc43)CC2)C(=O)N2CCN(C3CCN(C)CC3)CC2)cc2cn[nH]c12. The molecule has 0 saturated carbocycles. The molecule has 1 aromatic carbocycles. The normalized spacial score (nSPS) is 20.0. The number of fused-ring (bicyclic) bond motifs is 2. The lowest BCUT2D eigenvalue weighted by Crippen LogP contribution is -2.59. The summed E-state index contributed by atoms with van der Waals surface area (Å²) in [4.78, 5) is 56.3. The highest BCUT2D eigenvalue weighted by molar-refractivity contribution is 5.88. The fraction of sp³-hybridized carbons (Fsp3) is 0.545. The van der Waals surface area contributed by atoms with E-state index in [0.717, 1.165) is 53.7 Å². The summed E-state index contributed by atoms with van der Waals surface area (Å²) in [7, 11) is 2.18. The number of aromatic amines is 2. The minimum atomic E-state index is -0.689. The highest BCUT2D eigenvalue weighted by Crippen LogP contribution is 2.25. The third-order valence-corrected chi connectivity index (χ3v) is 10.3. The number of aromatic nitrogens is 5. The molecule has 46 heavy (non-hydrogen) atoms. The fourth-order valence-electron chi connectivity index (χ4n) is 7.64. The van der Waals surface area contributed by atoms with Crippen molar-refractivity contribution in [2.24, 2.45) is 0 Å². The molecule has 0 bridgehead atoms. The van der Waals surface area contributed by atoms with E-state index in [1.807, 2.05) is 24.0 Å². The van der Waals surface area contributed by atoms with E-state index >= 15 is 0 Å². The Labute approximate surface area is 267 Å². The van der Waals surface area contributed by atoms with Crippen LogP contribution in [0.4, 0.5) is 4.79 Å². The number of H-pyrrole nitrogens is 2. The predicted octanol–water partition coefficient (Wildman–Crippen LogP) is 2.11. The molecule has 0 aliphatic carbocycles. The average Bonchev–Trinajstić information content (AvgIpc) is 3.68. The van der Waals surface area contributed by atoms with Crippen LogP contribution in [0.5, 0.6) is 0 Å². The number of likely N-dealkylation sites (tertiary alicyclic amines) is 2. The number of aryl methyl sites for hydroxylation is 1. The maximum Gasteiger partial charge on any atom is 0.327 e. The minimum absolute atomic E-state index is 0.0301. The van der Waals surface area contributed by atoms with E-state index in [-0.39, 0.29) is 23.7 Å². The highest BCUT2D eigenvalue weighted by atomic mass is 16.2. The first-order valence-corrected chi connectivity index (χ1v) is 16.6. The molecule has 3 aliphatic heterocycles. The molecule has 6 heterocycles. The quantitative estimate of drug-likeness (QED) is 0.297. The van der Waals surface area contributed by atoms with Crippen LogP contribution in [0.25, 0.3) is 22.1 Å². The molecule has 0 radical (unpaired) electrons. The van der Waals surface area contributed by atoms with E-state index in [2.05, 4.69) is 54.5 Å². The topological polar surface area (TPSA) is 138 Å². The van der Waals surface area contributed by atoms with Gasteiger partial charge in [0.05, 0.1) is 17.2 Å². The summed E-state index contributed by atoms with van der Waals surface area (Å²) in [6.45, 7) is 8.29. The third-order valence-electron chi connectivity index (χ3n) is 10.3. The zero-order chi connectivity index (χ0) is 31.8. The Morgan fingerprint density at radius 3 is 2.48 bits per heavy atom. The van der Waals surface area contributed by atoms with Crippen LogP contribution in [0.1, 0.15) is 42.9 Å². The zero-order valence-corrected chi connectivity index (χ0v) is 26.7. The monoisotopic (exact) mass is 628 g/mol. The van der Waals surface area contributed by atoms with Gasteiger partial charge in [0.15, 0.2) is 5.65 Å². The second-order valence-corrected chi connectivity index (χ2v) is 13.2. The van der Waals surface area contributed by atoms with Crippen LogP contribution < -0.4 is 11.0 Å². The van der Waals surface area contributed by atoms with Crippen LogP contribution in [-0.2, 0) is 11.2 Å². The van der Waals surface area contributed by atoms with Crippen molar-refractivity contribution in [2.75, 3.05) is 59.4 Å². The summed E-state index contributed by atoms with van der Waals surface area (Å²) in [6, 6.07) is 7.46. The molecule has 3 fully saturated rings. The van der Waals surface area contributed by atoms with Gasteiger partial charge in [-0.3, -0.25) is 24.3 Å². The number of nitrogens with zero attached hydrogens (tertiary/aromatic N) is 7. The van der Waals surface area contributed by atoms with Gasteiger partial charge in [0, 0.05) is 69.4 Å². The van der Waals surface area contributed by atoms with E-state index in [1.54, 1.807) is 21.9 Å². The molecule has 4 aromatic rings.